The topological polar surface area (TPSA) is 153 Å². The summed E-state index contributed by atoms with van der Waals surface area (Å²) in [6, 6.07) is 14.7. The summed E-state index contributed by atoms with van der Waals surface area (Å²) >= 11 is 0. The molecule has 0 radical (unpaired) electrons. The van der Waals surface area contributed by atoms with E-state index in [1.165, 1.54) is 0 Å². The number of hydrogen-bond acceptors (Lipinski definition) is 8. The van der Waals surface area contributed by atoms with Gasteiger partial charge in [-0.15, -0.1) is 0 Å². The molecular formula is C48H69N5O7. The summed E-state index contributed by atoms with van der Waals surface area (Å²) in [4.78, 5) is 90.6. The molecular weight excluding hydrogens is 759 g/mol. The zero-order valence-electron chi connectivity index (χ0n) is 37.7. The summed E-state index contributed by atoms with van der Waals surface area (Å²) in [5.74, 6) is -0.369. The van der Waals surface area contributed by atoms with Gasteiger partial charge in [0.2, 0.25) is 23.6 Å². The lowest BCUT2D eigenvalue weighted by atomic mass is 9.84. The SMILES string of the molecule is C/C(=C\C(C(C)C)N(C)C(=O)[C@@H](NC(=O)[C@H]1CCCCN1C(C)C(C)C)C(C)(C)C)C(=O)N1CCC[C@H]1C(=O)N[C@H](C)Cc1ccc(C(=O)c2ccccc2)cc1.O=C=O. The maximum Gasteiger partial charge on any atom is 0.373 e. The number of nitrogens with zero attached hydrogens (tertiary/aromatic N) is 3. The van der Waals surface area contributed by atoms with Crippen molar-refractivity contribution < 1.29 is 33.6 Å². The van der Waals surface area contributed by atoms with Crippen LogP contribution in [0.4, 0.5) is 0 Å². The Labute approximate surface area is 357 Å². The Hall–Kier alpha value is -4.93. The Morgan fingerprint density at radius 1 is 0.783 bits per heavy atom. The van der Waals surface area contributed by atoms with Crippen molar-refractivity contribution in [3.05, 3.63) is 82.9 Å². The molecule has 12 heteroatoms. The summed E-state index contributed by atoms with van der Waals surface area (Å²) in [6.07, 6.45) is 6.77. The van der Waals surface area contributed by atoms with Crippen LogP contribution in [0.1, 0.15) is 123 Å². The van der Waals surface area contributed by atoms with Crippen molar-refractivity contribution in [3.63, 3.8) is 0 Å². The first kappa shape index (κ1) is 49.4. The molecule has 2 aliphatic rings. The van der Waals surface area contributed by atoms with Crippen molar-refractivity contribution in [2.45, 2.75) is 144 Å². The van der Waals surface area contributed by atoms with Crippen molar-refractivity contribution in [1.82, 2.24) is 25.3 Å². The molecule has 2 saturated heterocycles. The van der Waals surface area contributed by atoms with E-state index < -0.39 is 23.5 Å². The van der Waals surface area contributed by atoms with Crippen LogP contribution in [-0.2, 0) is 35.2 Å². The Morgan fingerprint density at radius 2 is 1.35 bits per heavy atom. The van der Waals surface area contributed by atoms with E-state index >= 15 is 0 Å². The van der Waals surface area contributed by atoms with Crippen molar-refractivity contribution in [1.29, 1.82) is 0 Å². The molecule has 2 N–H and O–H groups in total. The van der Waals surface area contributed by atoms with Crippen LogP contribution in [0.3, 0.4) is 0 Å². The second-order valence-electron chi connectivity index (χ2n) is 18.3. The predicted molar refractivity (Wildman–Crippen MR) is 233 cm³/mol. The van der Waals surface area contributed by atoms with Gasteiger partial charge in [-0.1, -0.05) is 116 Å². The van der Waals surface area contributed by atoms with Gasteiger partial charge < -0.3 is 20.4 Å². The highest BCUT2D eigenvalue weighted by Crippen LogP contribution is 2.28. The molecule has 2 heterocycles. The van der Waals surface area contributed by atoms with Crippen molar-refractivity contribution in [2.24, 2.45) is 17.3 Å². The molecule has 2 fully saturated rings. The molecule has 2 aromatic rings. The van der Waals surface area contributed by atoms with Gasteiger partial charge in [0.1, 0.15) is 12.1 Å². The zero-order valence-corrected chi connectivity index (χ0v) is 37.7. The van der Waals surface area contributed by atoms with Gasteiger partial charge >= 0.3 is 6.15 Å². The molecule has 0 spiro atoms. The standard InChI is InChI=1S/C47H69N5O5.CO2/c1-30(2)34(7)51-26-16-15-20-38(51)44(55)49-42(47(8,9)10)46(57)50(11)40(31(3)4)28-32(5)45(56)52-27-17-21-39(52)43(54)48-33(6)29-35-22-24-37(25-23-35)41(53)36-18-13-12-14-19-36;2-1-3/h12-14,18-19,22-25,28,30-31,33-34,38-40,42H,15-17,20-21,26-27,29H2,1-11H3,(H,48,54)(H,49,55);/b32-28+;/t33-,34?,38-,39+,40?,42-;/m1./s1. The van der Waals surface area contributed by atoms with Gasteiger partial charge in [-0.25, -0.2) is 0 Å². The minimum atomic E-state index is -0.762. The predicted octanol–water partition coefficient (Wildman–Crippen LogP) is 6.23. The highest BCUT2D eigenvalue weighted by atomic mass is 16.2. The van der Waals surface area contributed by atoms with Crippen molar-refractivity contribution in [3.8, 4) is 0 Å². The minimum absolute atomic E-state index is 0.0252. The molecule has 0 saturated carbocycles. The number of ketones is 1. The normalized spacial score (nSPS) is 19.3. The fourth-order valence-electron chi connectivity index (χ4n) is 8.22. The monoisotopic (exact) mass is 828 g/mol. The summed E-state index contributed by atoms with van der Waals surface area (Å²) < 4.78 is 0. The Bertz CT molecular complexity index is 1830. The molecule has 328 valence electrons. The number of carbonyl (C=O) groups is 5. The summed E-state index contributed by atoms with van der Waals surface area (Å²) in [6.45, 7) is 21.5. The van der Waals surface area contributed by atoms with Gasteiger partial charge in [0, 0.05) is 42.4 Å². The quantitative estimate of drug-likeness (QED) is 0.158. The number of piperidine rings is 1. The van der Waals surface area contributed by atoms with Crippen LogP contribution in [0.25, 0.3) is 0 Å². The second-order valence-corrected chi connectivity index (χ2v) is 18.3. The molecule has 2 unspecified atom stereocenters. The zero-order chi connectivity index (χ0) is 44.9. The number of likely N-dealkylation sites (tertiary alicyclic amines) is 2. The molecule has 12 nitrogen and oxygen atoms in total. The average Bonchev–Trinajstić information content (AvgIpc) is 3.71. The number of hydrogen-bond donors (Lipinski definition) is 2. The minimum Gasteiger partial charge on any atom is -0.352 e. The van der Waals surface area contributed by atoms with Crippen molar-refractivity contribution in [2.75, 3.05) is 20.1 Å². The third kappa shape index (κ3) is 13.3. The Morgan fingerprint density at radius 3 is 1.92 bits per heavy atom. The lowest BCUT2D eigenvalue weighted by Gasteiger charge is -2.42. The average molecular weight is 828 g/mol. The van der Waals surface area contributed by atoms with Crippen LogP contribution in [0.5, 0.6) is 0 Å². The molecule has 4 rings (SSSR count). The number of nitrogens with one attached hydrogen (secondary N) is 2. The highest BCUT2D eigenvalue weighted by Gasteiger charge is 2.41. The van der Waals surface area contributed by atoms with E-state index in [-0.39, 0.29) is 59.6 Å². The van der Waals surface area contributed by atoms with E-state index in [1.54, 1.807) is 35.9 Å². The van der Waals surface area contributed by atoms with E-state index in [2.05, 4.69) is 36.3 Å². The summed E-state index contributed by atoms with van der Waals surface area (Å²) in [5, 5.41) is 6.30. The number of rotatable bonds is 15. The van der Waals surface area contributed by atoms with Gasteiger partial charge in [0.05, 0.1) is 12.1 Å². The number of carbonyl (C=O) groups excluding carboxylic acids is 7. The van der Waals surface area contributed by atoms with Gasteiger partial charge in [0.15, 0.2) is 5.78 Å². The molecule has 2 aliphatic heterocycles. The van der Waals surface area contributed by atoms with Gasteiger partial charge in [-0.2, -0.15) is 9.59 Å². The first-order valence-corrected chi connectivity index (χ1v) is 21.5. The highest BCUT2D eigenvalue weighted by molar-refractivity contribution is 6.09. The first-order chi connectivity index (χ1) is 28.2. The molecule has 2 aromatic carbocycles. The first-order valence-electron chi connectivity index (χ1n) is 21.5. The van der Waals surface area contributed by atoms with E-state index in [0.29, 0.717) is 42.0 Å². The summed E-state index contributed by atoms with van der Waals surface area (Å²) in [7, 11) is 1.75. The smallest absolute Gasteiger partial charge is 0.352 e. The number of amides is 4. The van der Waals surface area contributed by atoms with E-state index in [9.17, 15) is 24.0 Å². The van der Waals surface area contributed by atoms with Crippen LogP contribution in [0.15, 0.2) is 66.2 Å². The fourth-order valence-corrected chi connectivity index (χ4v) is 8.22. The third-order valence-corrected chi connectivity index (χ3v) is 12.0. The lowest BCUT2D eigenvalue weighted by Crippen LogP contribution is -2.61. The molecule has 0 bridgehead atoms. The molecule has 60 heavy (non-hydrogen) atoms. The van der Waals surface area contributed by atoms with Crippen LogP contribution < -0.4 is 10.6 Å². The number of likely N-dealkylation sites (N-methyl/N-ethyl adjacent to an activating group) is 1. The molecule has 6 atom stereocenters. The third-order valence-electron chi connectivity index (χ3n) is 12.0. The van der Waals surface area contributed by atoms with Gasteiger partial charge in [-0.05, 0) is 82.2 Å². The Kier molecular flexibility index (Phi) is 18.6. The van der Waals surface area contributed by atoms with Crippen LogP contribution in [0, 0.1) is 17.3 Å². The van der Waals surface area contributed by atoms with Gasteiger partial charge in [0.25, 0.3) is 0 Å². The van der Waals surface area contributed by atoms with E-state index in [4.69, 9.17) is 9.59 Å². The second kappa shape index (κ2) is 22.6. The van der Waals surface area contributed by atoms with Crippen LogP contribution in [0.2, 0.25) is 0 Å². The fraction of sp³-hybridized carbons (Fsp3) is 0.583. The maximum atomic E-state index is 14.4. The van der Waals surface area contributed by atoms with Crippen molar-refractivity contribution >= 4 is 35.6 Å². The van der Waals surface area contributed by atoms with Gasteiger partial charge in [-0.3, -0.25) is 28.9 Å². The van der Waals surface area contributed by atoms with E-state index in [0.717, 1.165) is 37.8 Å². The van der Waals surface area contributed by atoms with Crippen LogP contribution in [-0.4, -0.2) is 107 Å². The largest absolute Gasteiger partial charge is 0.373 e. The lowest BCUT2D eigenvalue weighted by molar-refractivity contribution is -0.191. The molecule has 4 amide bonds. The van der Waals surface area contributed by atoms with Crippen LogP contribution >= 0.6 is 0 Å². The maximum absolute atomic E-state index is 14.4. The Balaban J connectivity index is 0.00000311. The summed E-state index contributed by atoms with van der Waals surface area (Å²) in [5.41, 5.74) is 2.16. The molecule has 0 aromatic heterocycles. The number of benzene rings is 2. The molecule has 0 aliphatic carbocycles. The van der Waals surface area contributed by atoms with E-state index in [1.807, 2.05) is 90.1 Å².